The molecule has 0 unspecified atom stereocenters. The lowest BCUT2D eigenvalue weighted by Crippen LogP contribution is -2.41. The Kier molecular flexibility index (Phi) is 5.11. The number of aryl methyl sites for hydroxylation is 1. The second kappa shape index (κ2) is 6.19. The van der Waals surface area contributed by atoms with Crippen molar-refractivity contribution in [2.24, 2.45) is 12.5 Å². The maximum absolute atomic E-state index is 11.7. The standard InChI is InChI=1S/C14H26N4O/c1-10(2)12-11(8-18(6)17-12)7-16-9-14(3,4)13(19)15-5/h8,10,16H,7,9H2,1-6H3,(H,15,19). The van der Waals surface area contributed by atoms with Gasteiger partial charge in [0.15, 0.2) is 0 Å². The van der Waals surface area contributed by atoms with Crippen molar-refractivity contribution >= 4 is 5.91 Å². The van der Waals surface area contributed by atoms with Gasteiger partial charge >= 0.3 is 0 Å². The summed E-state index contributed by atoms with van der Waals surface area (Å²) in [6, 6.07) is 0. The van der Waals surface area contributed by atoms with Gasteiger partial charge in [-0.05, 0) is 19.8 Å². The molecule has 0 fully saturated rings. The van der Waals surface area contributed by atoms with E-state index in [4.69, 9.17) is 0 Å². The number of nitrogens with zero attached hydrogens (tertiary/aromatic N) is 2. The van der Waals surface area contributed by atoms with E-state index < -0.39 is 5.41 Å². The highest BCUT2D eigenvalue weighted by atomic mass is 16.2. The van der Waals surface area contributed by atoms with Crippen LogP contribution >= 0.6 is 0 Å². The number of carbonyl (C=O) groups excluding carboxylic acids is 1. The van der Waals surface area contributed by atoms with Gasteiger partial charge in [0.05, 0.1) is 11.1 Å². The number of aromatic nitrogens is 2. The summed E-state index contributed by atoms with van der Waals surface area (Å²) in [5, 5.41) is 10.5. The minimum absolute atomic E-state index is 0.0512. The van der Waals surface area contributed by atoms with Gasteiger partial charge in [-0.15, -0.1) is 0 Å². The molecule has 5 heteroatoms. The lowest BCUT2D eigenvalue weighted by molar-refractivity contribution is -0.128. The fourth-order valence-electron chi connectivity index (χ4n) is 2.11. The van der Waals surface area contributed by atoms with Crippen LogP contribution in [-0.2, 0) is 18.4 Å². The average molecular weight is 266 g/mol. The van der Waals surface area contributed by atoms with Crippen molar-refractivity contribution in [2.45, 2.75) is 40.2 Å². The predicted octanol–water partition coefficient (Wildman–Crippen LogP) is 1.41. The third-order valence-corrected chi connectivity index (χ3v) is 3.21. The van der Waals surface area contributed by atoms with Crippen LogP contribution in [0.5, 0.6) is 0 Å². The van der Waals surface area contributed by atoms with Crippen molar-refractivity contribution in [2.75, 3.05) is 13.6 Å². The third-order valence-electron chi connectivity index (χ3n) is 3.21. The molecule has 0 aliphatic carbocycles. The average Bonchev–Trinajstić information content (AvgIpc) is 2.69. The van der Waals surface area contributed by atoms with Gasteiger partial charge in [0.1, 0.15) is 0 Å². The van der Waals surface area contributed by atoms with Gasteiger partial charge in [-0.3, -0.25) is 9.48 Å². The summed E-state index contributed by atoms with van der Waals surface area (Å²) in [5.74, 6) is 0.459. The van der Waals surface area contributed by atoms with Crippen LogP contribution in [0.1, 0.15) is 44.9 Å². The van der Waals surface area contributed by atoms with E-state index >= 15 is 0 Å². The Morgan fingerprint density at radius 1 is 1.47 bits per heavy atom. The molecule has 0 radical (unpaired) electrons. The fourth-order valence-corrected chi connectivity index (χ4v) is 2.11. The van der Waals surface area contributed by atoms with E-state index in [-0.39, 0.29) is 5.91 Å². The van der Waals surface area contributed by atoms with Gasteiger partial charge in [0.25, 0.3) is 0 Å². The zero-order valence-electron chi connectivity index (χ0n) is 12.9. The molecule has 0 bridgehead atoms. The quantitative estimate of drug-likeness (QED) is 0.818. The molecule has 0 aliphatic rings. The highest BCUT2D eigenvalue weighted by Gasteiger charge is 2.26. The predicted molar refractivity (Wildman–Crippen MR) is 76.9 cm³/mol. The molecule has 0 aliphatic heterocycles. The molecular weight excluding hydrogens is 240 g/mol. The summed E-state index contributed by atoms with van der Waals surface area (Å²) in [6.45, 7) is 9.53. The molecule has 0 spiro atoms. The van der Waals surface area contributed by atoms with E-state index in [1.54, 1.807) is 7.05 Å². The third kappa shape index (κ3) is 4.06. The molecule has 1 heterocycles. The monoisotopic (exact) mass is 266 g/mol. The van der Waals surface area contributed by atoms with E-state index in [2.05, 4.69) is 29.6 Å². The number of nitrogens with one attached hydrogen (secondary N) is 2. The molecule has 108 valence electrons. The Hall–Kier alpha value is -1.36. The van der Waals surface area contributed by atoms with Crippen LogP contribution in [-0.4, -0.2) is 29.3 Å². The maximum Gasteiger partial charge on any atom is 0.226 e. The van der Waals surface area contributed by atoms with Crippen LogP contribution in [0.3, 0.4) is 0 Å². The van der Waals surface area contributed by atoms with E-state index in [1.807, 2.05) is 31.8 Å². The van der Waals surface area contributed by atoms with Gasteiger partial charge in [0.2, 0.25) is 5.91 Å². The Bertz CT molecular complexity index is 435. The molecule has 0 atom stereocenters. The van der Waals surface area contributed by atoms with Crippen molar-refractivity contribution < 1.29 is 4.79 Å². The van der Waals surface area contributed by atoms with Crippen LogP contribution in [0.15, 0.2) is 6.20 Å². The van der Waals surface area contributed by atoms with Crippen LogP contribution in [0, 0.1) is 5.41 Å². The molecule has 1 amide bonds. The first-order valence-electron chi connectivity index (χ1n) is 6.73. The lowest BCUT2D eigenvalue weighted by Gasteiger charge is -2.23. The van der Waals surface area contributed by atoms with Crippen molar-refractivity contribution in [3.8, 4) is 0 Å². The van der Waals surface area contributed by atoms with Crippen LogP contribution in [0.25, 0.3) is 0 Å². The minimum atomic E-state index is -0.408. The Morgan fingerprint density at radius 3 is 2.63 bits per heavy atom. The molecule has 0 saturated heterocycles. The summed E-state index contributed by atoms with van der Waals surface area (Å²) >= 11 is 0. The highest BCUT2D eigenvalue weighted by molar-refractivity contribution is 5.81. The molecule has 1 aromatic heterocycles. The fraction of sp³-hybridized carbons (Fsp3) is 0.714. The minimum Gasteiger partial charge on any atom is -0.359 e. The zero-order chi connectivity index (χ0) is 14.6. The van der Waals surface area contributed by atoms with E-state index in [0.29, 0.717) is 12.5 Å². The summed E-state index contributed by atoms with van der Waals surface area (Å²) in [5.41, 5.74) is 1.91. The number of rotatable bonds is 6. The van der Waals surface area contributed by atoms with Gasteiger partial charge in [0, 0.05) is 38.9 Å². The van der Waals surface area contributed by atoms with E-state index in [9.17, 15) is 4.79 Å². The van der Waals surface area contributed by atoms with Crippen molar-refractivity contribution in [1.29, 1.82) is 0 Å². The number of hydrogen-bond acceptors (Lipinski definition) is 3. The number of amides is 1. The first-order valence-corrected chi connectivity index (χ1v) is 6.73. The van der Waals surface area contributed by atoms with Crippen molar-refractivity contribution in [3.05, 3.63) is 17.5 Å². The van der Waals surface area contributed by atoms with Gasteiger partial charge < -0.3 is 10.6 Å². The largest absolute Gasteiger partial charge is 0.359 e. The van der Waals surface area contributed by atoms with E-state index in [0.717, 1.165) is 12.2 Å². The zero-order valence-corrected chi connectivity index (χ0v) is 12.9. The summed E-state index contributed by atoms with van der Waals surface area (Å²) in [6.07, 6.45) is 2.04. The summed E-state index contributed by atoms with van der Waals surface area (Å²) < 4.78 is 1.84. The second-order valence-corrected chi connectivity index (χ2v) is 5.93. The smallest absolute Gasteiger partial charge is 0.226 e. The van der Waals surface area contributed by atoms with Crippen LogP contribution in [0.2, 0.25) is 0 Å². The highest BCUT2D eigenvalue weighted by Crippen LogP contribution is 2.18. The van der Waals surface area contributed by atoms with Gasteiger partial charge in [-0.1, -0.05) is 13.8 Å². The maximum atomic E-state index is 11.7. The van der Waals surface area contributed by atoms with Crippen LogP contribution in [0.4, 0.5) is 0 Å². The van der Waals surface area contributed by atoms with Gasteiger partial charge in [-0.2, -0.15) is 5.10 Å². The molecule has 2 N–H and O–H groups in total. The molecular formula is C14H26N4O. The van der Waals surface area contributed by atoms with Crippen molar-refractivity contribution in [1.82, 2.24) is 20.4 Å². The lowest BCUT2D eigenvalue weighted by atomic mass is 9.92. The van der Waals surface area contributed by atoms with Gasteiger partial charge in [-0.25, -0.2) is 0 Å². The van der Waals surface area contributed by atoms with E-state index in [1.165, 1.54) is 5.56 Å². The Morgan fingerprint density at radius 2 is 2.11 bits per heavy atom. The molecule has 19 heavy (non-hydrogen) atoms. The molecule has 5 nitrogen and oxygen atoms in total. The second-order valence-electron chi connectivity index (χ2n) is 5.93. The summed E-state index contributed by atoms with van der Waals surface area (Å²) in [4.78, 5) is 11.7. The van der Waals surface area contributed by atoms with Crippen molar-refractivity contribution in [3.63, 3.8) is 0 Å². The van der Waals surface area contributed by atoms with Crippen LogP contribution < -0.4 is 10.6 Å². The number of hydrogen-bond donors (Lipinski definition) is 2. The SMILES string of the molecule is CNC(=O)C(C)(C)CNCc1cn(C)nc1C(C)C. The number of carbonyl (C=O) groups is 1. The summed E-state index contributed by atoms with van der Waals surface area (Å²) in [7, 11) is 3.60. The topological polar surface area (TPSA) is 59.0 Å². The Balaban J connectivity index is 2.61. The Labute approximate surface area is 115 Å². The molecule has 1 rings (SSSR count). The molecule has 1 aromatic rings. The first kappa shape index (κ1) is 15.7. The molecule has 0 saturated carbocycles. The first-order chi connectivity index (χ1) is 8.77. The molecule has 0 aromatic carbocycles. The normalized spacial score (nSPS) is 11.9.